The lowest BCUT2D eigenvalue weighted by Gasteiger charge is -2.34. The number of rotatable bonds is 8. The first-order valence-corrected chi connectivity index (χ1v) is 15.1. The van der Waals surface area contributed by atoms with Gasteiger partial charge in [-0.15, -0.1) is 0 Å². The van der Waals surface area contributed by atoms with Crippen molar-refractivity contribution in [1.29, 1.82) is 0 Å². The fourth-order valence-electron chi connectivity index (χ4n) is 5.57. The second-order valence-corrected chi connectivity index (χ2v) is 12.5. The highest BCUT2D eigenvalue weighted by atomic mass is 16.6. The third-order valence-electron chi connectivity index (χ3n) is 8.01. The normalized spacial score (nSPS) is 17.4. The molecule has 1 atom stereocenters. The van der Waals surface area contributed by atoms with Crippen molar-refractivity contribution in [2.45, 2.75) is 84.4 Å². The van der Waals surface area contributed by atoms with Crippen LogP contribution < -0.4 is 10.6 Å². The minimum absolute atomic E-state index is 0.0206. The molecule has 228 valence electrons. The van der Waals surface area contributed by atoms with E-state index in [9.17, 15) is 14.4 Å². The number of ether oxygens (including phenoxy) is 1. The number of nitrogens with zero attached hydrogens (tertiary/aromatic N) is 2. The van der Waals surface area contributed by atoms with Crippen LogP contribution in [0.15, 0.2) is 66.9 Å². The van der Waals surface area contributed by atoms with Gasteiger partial charge < -0.3 is 20.3 Å². The van der Waals surface area contributed by atoms with Gasteiger partial charge in [0.15, 0.2) is 0 Å². The summed E-state index contributed by atoms with van der Waals surface area (Å²) in [4.78, 5) is 43.6. The Morgan fingerprint density at radius 1 is 0.977 bits per heavy atom. The number of hydrogen-bond acceptors (Lipinski definition) is 5. The largest absolute Gasteiger partial charge is 0.444 e. The molecule has 1 aromatic heterocycles. The second kappa shape index (κ2) is 13.8. The molecule has 43 heavy (non-hydrogen) atoms. The maximum atomic E-state index is 13.0. The Morgan fingerprint density at radius 2 is 1.63 bits per heavy atom. The number of pyridine rings is 1. The molecule has 1 heterocycles. The van der Waals surface area contributed by atoms with E-state index in [1.165, 1.54) is 0 Å². The molecule has 3 aromatic rings. The maximum Gasteiger partial charge on any atom is 0.408 e. The predicted octanol–water partition coefficient (Wildman–Crippen LogP) is 7.37. The van der Waals surface area contributed by atoms with E-state index in [0.29, 0.717) is 18.0 Å². The third kappa shape index (κ3) is 8.89. The smallest absolute Gasteiger partial charge is 0.408 e. The van der Waals surface area contributed by atoms with E-state index in [-0.39, 0.29) is 23.9 Å². The minimum atomic E-state index is -0.563. The summed E-state index contributed by atoms with van der Waals surface area (Å²) >= 11 is 0. The van der Waals surface area contributed by atoms with Crippen molar-refractivity contribution in [1.82, 2.24) is 15.2 Å². The number of carbonyl (C=O) groups excluding carboxylic acids is 3. The molecule has 8 heteroatoms. The van der Waals surface area contributed by atoms with Gasteiger partial charge in [-0.05, 0) is 76.5 Å². The highest BCUT2D eigenvalue weighted by Gasteiger charge is 2.26. The van der Waals surface area contributed by atoms with Crippen LogP contribution in [0.25, 0.3) is 22.4 Å². The van der Waals surface area contributed by atoms with Crippen LogP contribution in [0.1, 0.15) is 78.3 Å². The summed E-state index contributed by atoms with van der Waals surface area (Å²) in [6, 6.07) is 20.0. The summed E-state index contributed by atoms with van der Waals surface area (Å²) in [6.07, 6.45) is 5.43. The van der Waals surface area contributed by atoms with Crippen molar-refractivity contribution in [3.05, 3.63) is 72.4 Å². The van der Waals surface area contributed by atoms with Gasteiger partial charge in [-0.1, -0.05) is 54.6 Å². The fraction of sp³-hybridized carbons (Fsp3) is 0.429. The summed E-state index contributed by atoms with van der Waals surface area (Å²) in [5.74, 6) is 0.378. The zero-order valence-electron chi connectivity index (χ0n) is 26.1. The van der Waals surface area contributed by atoms with Gasteiger partial charge in [-0.2, -0.15) is 0 Å². The number of carbonyl (C=O) groups is 3. The monoisotopic (exact) mass is 584 g/mol. The van der Waals surface area contributed by atoms with E-state index in [4.69, 9.17) is 9.72 Å². The molecule has 1 aliphatic carbocycles. The molecule has 0 aliphatic heterocycles. The number of nitrogens with one attached hydrogen (secondary N) is 2. The van der Waals surface area contributed by atoms with Crippen molar-refractivity contribution < 1.29 is 19.1 Å². The number of hydrogen-bond donors (Lipinski definition) is 2. The Balaban J connectivity index is 1.46. The predicted molar refractivity (Wildman–Crippen MR) is 170 cm³/mol. The zero-order valence-corrected chi connectivity index (χ0v) is 26.1. The highest BCUT2D eigenvalue weighted by Crippen LogP contribution is 2.34. The number of aromatic nitrogens is 1. The second-order valence-electron chi connectivity index (χ2n) is 12.5. The zero-order chi connectivity index (χ0) is 31.1. The topological polar surface area (TPSA) is 101 Å². The average Bonchev–Trinajstić information content (AvgIpc) is 2.96. The van der Waals surface area contributed by atoms with Gasteiger partial charge in [0.05, 0.1) is 23.6 Å². The minimum Gasteiger partial charge on any atom is -0.444 e. The third-order valence-corrected chi connectivity index (χ3v) is 8.01. The number of amides is 3. The lowest BCUT2D eigenvalue weighted by Crippen LogP contribution is -2.38. The standard InChI is InChI=1S/C35H44N4O4/c1-23(37-34(42)43-35(3,4)5)26-14-16-28(17-15-26)33-31(27-10-8-7-9-11-27)21-29(22-36-33)38-32(41)20-25-12-18-30(19-13-25)39(6)24(2)40/h7-11,14-17,21-23,25,30H,12-13,18-20H2,1-6H3,(H,37,42)(H,38,41)/t23-,25?,30?/m0/s1. The van der Waals surface area contributed by atoms with Crippen LogP contribution in [-0.2, 0) is 14.3 Å². The molecule has 2 aromatic carbocycles. The van der Waals surface area contributed by atoms with Gasteiger partial charge in [0.2, 0.25) is 11.8 Å². The van der Waals surface area contributed by atoms with Gasteiger partial charge in [0, 0.05) is 37.6 Å². The van der Waals surface area contributed by atoms with Crippen LogP contribution in [0.4, 0.5) is 10.5 Å². The van der Waals surface area contributed by atoms with E-state index in [2.05, 4.69) is 10.6 Å². The first kappa shape index (κ1) is 31.7. The van der Waals surface area contributed by atoms with Crippen LogP contribution in [0.2, 0.25) is 0 Å². The molecule has 0 spiro atoms. The van der Waals surface area contributed by atoms with Gasteiger partial charge in [0.1, 0.15) is 5.60 Å². The van der Waals surface area contributed by atoms with Gasteiger partial charge in [0.25, 0.3) is 0 Å². The molecule has 2 N–H and O–H groups in total. The Kier molecular flexibility index (Phi) is 10.2. The van der Waals surface area contributed by atoms with Crippen molar-refractivity contribution >= 4 is 23.6 Å². The molecule has 3 amide bonds. The SMILES string of the molecule is CC(=O)N(C)C1CCC(CC(=O)Nc2cnc(-c3ccc([C@H](C)NC(=O)OC(C)(C)C)cc3)c(-c3ccccc3)c2)CC1. The molecular formula is C35H44N4O4. The summed E-state index contributed by atoms with van der Waals surface area (Å²) in [6.45, 7) is 9.03. The maximum absolute atomic E-state index is 13.0. The summed E-state index contributed by atoms with van der Waals surface area (Å²) < 4.78 is 5.39. The lowest BCUT2D eigenvalue weighted by atomic mass is 9.83. The van der Waals surface area contributed by atoms with Gasteiger partial charge >= 0.3 is 6.09 Å². The first-order chi connectivity index (χ1) is 20.4. The number of alkyl carbamates (subject to hydrolysis) is 1. The number of anilines is 1. The summed E-state index contributed by atoms with van der Waals surface area (Å²) in [7, 11) is 1.86. The summed E-state index contributed by atoms with van der Waals surface area (Å²) in [5, 5.41) is 5.95. The van der Waals surface area contributed by atoms with Crippen molar-refractivity contribution in [3.8, 4) is 22.4 Å². The van der Waals surface area contributed by atoms with E-state index in [0.717, 1.165) is 53.6 Å². The van der Waals surface area contributed by atoms with E-state index in [1.54, 1.807) is 13.1 Å². The molecule has 1 saturated carbocycles. The van der Waals surface area contributed by atoms with Crippen molar-refractivity contribution in [2.75, 3.05) is 12.4 Å². The Hall–Kier alpha value is -4.20. The Labute approximate surface area is 255 Å². The fourth-order valence-corrected chi connectivity index (χ4v) is 5.57. The first-order valence-electron chi connectivity index (χ1n) is 15.1. The molecule has 8 nitrogen and oxygen atoms in total. The number of benzene rings is 2. The summed E-state index contributed by atoms with van der Waals surface area (Å²) in [5.41, 5.74) is 4.68. The van der Waals surface area contributed by atoms with Gasteiger partial charge in [-0.3, -0.25) is 14.6 Å². The average molecular weight is 585 g/mol. The van der Waals surface area contributed by atoms with Crippen LogP contribution in [0.3, 0.4) is 0 Å². The molecule has 1 fully saturated rings. The van der Waals surface area contributed by atoms with Crippen LogP contribution in [0, 0.1) is 5.92 Å². The molecule has 4 rings (SSSR count). The van der Waals surface area contributed by atoms with Crippen molar-refractivity contribution in [2.24, 2.45) is 5.92 Å². The lowest BCUT2D eigenvalue weighted by molar-refractivity contribution is -0.130. The quantitative estimate of drug-likeness (QED) is 0.288. The molecule has 0 saturated heterocycles. The van der Waals surface area contributed by atoms with Gasteiger partial charge in [-0.25, -0.2) is 4.79 Å². The molecule has 0 bridgehead atoms. The van der Waals surface area contributed by atoms with Crippen LogP contribution in [0.5, 0.6) is 0 Å². The van der Waals surface area contributed by atoms with E-state index >= 15 is 0 Å². The van der Waals surface area contributed by atoms with E-state index < -0.39 is 11.7 Å². The Morgan fingerprint density at radius 3 is 2.23 bits per heavy atom. The highest BCUT2D eigenvalue weighted by molar-refractivity contribution is 5.93. The molecule has 1 aliphatic rings. The molecule has 0 radical (unpaired) electrons. The molecular weight excluding hydrogens is 540 g/mol. The Bertz CT molecular complexity index is 1410. The van der Waals surface area contributed by atoms with Crippen LogP contribution >= 0.6 is 0 Å². The van der Waals surface area contributed by atoms with Crippen molar-refractivity contribution in [3.63, 3.8) is 0 Å². The van der Waals surface area contributed by atoms with E-state index in [1.807, 2.05) is 100 Å². The molecule has 0 unspecified atom stereocenters. The van der Waals surface area contributed by atoms with Crippen LogP contribution in [-0.4, -0.2) is 46.5 Å².